The smallest absolute Gasteiger partial charge is 0.169 e. The number of ketones is 1. The number of hydrogen-bond donors (Lipinski definition) is 1. The topological polar surface area (TPSA) is 37.3 Å². The molecule has 0 fully saturated rings. The lowest BCUT2D eigenvalue weighted by molar-refractivity contribution is 0.0946. The molecule has 94 valence electrons. The van der Waals surface area contributed by atoms with E-state index in [2.05, 4.69) is 15.9 Å². The third-order valence-electron chi connectivity index (χ3n) is 3.23. The van der Waals surface area contributed by atoms with Gasteiger partial charge in [0, 0.05) is 11.5 Å². The number of benzene rings is 1. The van der Waals surface area contributed by atoms with Crippen molar-refractivity contribution in [2.24, 2.45) is 5.92 Å². The van der Waals surface area contributed by atoms with E-state index in [-0.39, 0.29) is 17.5 Å². The summed E-state index contributed by atoms with van der Waals surface area (Å²) in [6.07, 6.45) is 5.91. The van der Waals surface area contributed by atoms with Crippen molar-refractivity contribution in [2.75, 3.05) is 0 Å². The third kappa shape index (κ3) is 2.91. The number of phenolic OH excluding ortho intramolecular Hbond substituents is 1. The average Bonchev–Trinajstić information content (AvgIpc) is 2.39. The molecule has 18 heavy (non-hydrogen) atoms. The minimum absolute atomic E-state index is 0.104. The van der Waals surface area contributed by atoms with Crippen LogP contribution >= 0.6 is 15.9 Å². The van der Waals surface area contributed by atoms with Gasteiger partial charge in [-0.3, -0.25) is 4.79 Å². The van der Waals surface area contributed by atoms with Crippen molar-refractivity contribution in [3.63, 3.8) is 0 Å². The van der Waals surface area contributed by atoms with Gasteiger partial charge >= 0.3 is 0 Å². The van der Waals surface area contributed by atoms with Gasteiger partial charge in [-0.25, -0.2) is 0 Å². The van der Waals surface area contributed by atoms with Crippen molar-refractivity contribution in [3.8, 4) is 5.75 Å². The van der Waals surface area contributed by atoms with Crippen LogP contribution in [0.5, 0.6) is 5.75 Å². The molecule has 1 atom stereocenters. The largest absolute Gasteiger partial charge is 0.508 e. The van der Waals surface area contributed by atoms with E-state index in [9.17, 15) is 9.90 Å². The van der Waals surface area contributed by atoms with Crippen LogP contribution in [0.25, 0.3) is 0 Å². The molecule has 0 aliphatic heterocycles. The number of hydrogen-bond acceptors (Lipinski definition) is 2. The molecule has 1 aliphatic rings. The lowest BCUT2D eigenvalue weighted by atomic mass is 9.87. The van der Waals surface area contributed by atoms with E-state index in [4.69, 9.17) is 0 Å². The zero-order chi connectivity index (χ0) is 13.1. The highest BCUT2D eigenvalue weighted by atomic mass is 79.9. The molecule has 0 heterocycles. The highest BCUT2D eigenvalue weighted by Gasteiger charge is 2.20. The fraction of sp³-hybridized carbons (Fsp3) is 0.267. The first-order valence-corrected chi connectivity index (χ1v) is 6.75. The Morgan fingerprint density at radius 1 is 1.22 bits per heavy atom. The van der Waals surface area contributed by atoms with Crippen LogP contribution in [-0.4, -0.2) is 10.9 Å². The Morgan fingerprint density at radius 3 is 2.44 bits per heavy atom. The number of rotatable bonds is 3. The van der Waals surface area contributed by atoms with E-state index in [0.717, 1.165) is 18.4 Å². The summed E-state index contributed by atoms with van der Waals surface area (Å²) in [6, 6.07) is 6.43. The molecular formula is C15H15BrO2. The number of Topliss-reactive ketones (excluding diaryl/α,β-unsaturated/α-hetero) is 1. The third-order valence-corrected chi connectivity index (χ3v) is 3.89. The van der Waals surface area contributed by atoms with Gasteiger partial charge in [0.2, 0.25) is 0 Å². The van der Waals surface area contributed by atoms with E-state index in [0.29, 0.717) is 5.56 Å². The number of carbonyl (C=O) groups is 1. The molecule has 1 aliphatic carbocycles. The Morgan fingerprint density at radius 2 is 1.89 bits per heavy atom. The van der Waals surface area contributed by atoms with Crippen LogP contribution in [0.4, 0.5) is 0 Å². The second-order valence-corrected chi connectivity index (χ2v) is 5.51. The molecule has 3 heteroatoms. The summed E-state index contributed by atoms with van der Waals surface area (Å²) in [5, 5.41) is 9.22. The summed E-state index contributed by atoms with van der Waals surface area (Å²) < 4.78 is 1.18. The Balaban J connectivity index is 2.16. The highest BCUT2D eigenvalue weighted by Crippen LogP contribution is 2.29. The van der Waals surface area contributed by atoms with Crippen molar-refractivity contribution < 1.29 is 9.90 Å². The standard InChI is InChI=1S/C15H15BrO2/c1-10(11-2-6-13(16)7-3-11)15(18)12-4-8-14(17)9-5-12/h2,4-6,8-10,17H,3,7H2,1H3. The zero-order valence-electron chi connectivity index (χ0n) is 10.2. The summed E-state index contributed by atoms with van der Waals surface area (Å²) >= 11 is 3.46. The van der Waals surface area contributed by atoms with Gasteiger partial charge in [-0.1, -0.05) is 40.6 Å². The number of aromatic hydroxyl groups is 1. The second-order valence-electron chi connectivity index (χ2n) is 4.49. The summed E-state index contributed by atoms with van der Waals surface area (Å²) in [4.78, 5) is 12.3. The summed E-state index contributed by atoms with van der Waals surface area (Å²) in [7, 11) is 0. The first-order valence-electron chi connectivity index (χ1n) is 5.96. The van der Waals surface area contributed by atoms with Crippen molar-refractivity contribution in [1.82, 2.24) is 0 Å². The SMILES string of the molecule is CC(C(=O)c1ccc(O)cc1)C1=CC=C(Br)CC1. The molecule has 0 saturated heterocycles. The number of carbonyl (C=O) groups excluding carboxylic acids is 1. The average molecular weight is 307 g/mol. The molecule has 0 radical (unpaired) electrons. The summed E-state index contributed by atoms with van der Waals surface area (Å²) in [5.41, 5.74) is 1.81. The van der Waals surface area contributed by atoms with Crippen molar-refractivity contribution >= 4 is 21.7 Å². The maximum atomic E-state index is 12.3. The maximum absolute atomic E-state index is 12.3. The molecule has 2 rings (SSSR count). The van der Waals surface area contributed by atoms with Gasteiger partial charge in [0.25, 0.3) is 0 Å². The normalized spacial score (nSPS) is 16.8. The quantitative estimate of drug-likeness (QED) is 0.849. The summed E-state index contributed by atoms with van der Waals surface area (Å²) in [5.74, 6) is 0.182. The van der Waals surface area contributed by atoms with Gasteiger partial charge in [0.15, 0.2) is 5.78 Å². The van der Waals surface area contributed by atoms with Crippen LogP contribution in [-0.2, 0) is 0 Å². The lowest BCUT2D eigenvalue weighted by Crippen LogP contribution is -2.14. The van der Waals surface area contributed by atoms with Crippen LogP contribution in [0.3, 0.4) is 0 Å². The molecule has 2 nitrogen and oxygen atoms in total. The monoisotopic (exact) mass is 306 g/mol. The fourth-order valence-corrected chi connectivity index (χ4v) is 2.36. The van der Waals surface area contributed by atoms with Crippen LogP contribution in [0, 0.1) is 5.92 Å². The Kier molecular flexibility index (Phi) is 4.02. The first kappa shape index (κ1) is 13.1. The predicted molar refractivity (Wildman–Crippen MR) is 75.9 cm³/mol. The molecule has 1 unspecified atom stereocenters. The number of phenols is 1. The van der Waals surface area contributed by atoms with Gasteiger partial charge in [-0.15, -0.1) is 0 Å². The van der Waals surface area contributed by atoms with Crippen molar-refractivity contribution in [1.29, 1.82) is 0 Å². The Bertz CT molecular complexity index is 512. The van der Waals surface area contributed by atoms with Crippen molar-refractivity contribution in [3.05, 3.63) is 52.0 Å². The van der Waals surface area contributed by atoms with E-state index in [1.165, 1.54) is 4.48 Å². The molecule has 0 bridgehead atoms. The lowest BCUT2D eigenvalue weighted by Gasteiger charge is -2.17. The molecule has 0 spiro atoms. The Hall–Kier alpha value is -1.35. The van der Waals surface area contributed by atoms with E-state index < -0.39 is 0 Å². The second kappa shape index (κ2) is 5.53. The van der Waals surface area contributed by atoms with E-state index in [1.54, 1.807) is 24.3 Å². The molecular weight excluding hydrogens is 292 g/mol. The van der Waals surface area contributed by atoms with Gasteiger partial charge < -0.3 is 5.11 Å². The Labute approximate surface area is 115 Å². The van der Waals surface area contributed by atoms with Crippen LogP contribution in [0.15, 0.2) is 46.5 Å². The van der Waals surface area contributed by atoms with E-state index >= 15 is 0 Å². The minimum atomic E-state index is -0.105. The van der Waals surface area contributed by atoms with Crippen LogP contribution in [0.1, 0.15) is 30.1 Å². The van der Waals surface area contributed by atoms with Gasteiger partial charge in [-0.2, -0.15) is 0 Å². The fourth-order valence-electron chi connectivity index (χ4n) is 2.03. The molecule has 0 aromatic heterocycles. The highest BCUT2D eigenvalue weighted by molar-refractivity contribution is 9.11. The molecule has 1 aromatic carbocycles. The van der Waals surface area contributed by atoms with Gasteiger partial charge in [-0.05, 0) is 41.6 Å². The number of allylic oxidation sites excluding steroid dienone is 4. The van der Waals surface area contributed by atoms with Crippen molar-refractivity contribution in [2.45, 2.75) is 19.8 Å². The molecule has 1 N–H and O–H groups in total. The van der Waals surface area contributed by atoms with Crippen LogP contribution < -0.4 is 0 Å². The molecule has 0 amide bonds. The maximum Gasteiger partial charge on any atom is 0.169 e. The zero-order valence-corrected chi connectivity index (χ0v) is 11.8. The molecule has 0 saturated carbocycles. The summed E-state index contributed by atoms with van der Waals surface area (Å²) in [6.45, 7) is 1.94. The van der Waals surface area contributed by atoms with E-state index in [1.807, 2.05) is 19.1 Å². The predicted octanol–water partition coefficient (Wildman–Crippen LogP) is 4.21. The van der Waals surface area contributed by atoms with Gasteiger partial charge in [0.05, 0.1) is 0 Å². The minimum Gasteiger partial charge on any atom is -0.508 e. The first-order chi connectivity index (χ1) is 8.58. The number of halogens is 1. The van der Waals surface area contributed by atoms with Gasteiger partial charge in [0.1, 0.15) is 5.75 Å². The van der Waals surface area contributed by atoms with Crippen LogP contribution in [0.2, 0.25) is 0 Å². The molecule has 1 aromatic rings.